The summed E-state index contributed by atoms with van der Waals surface area (Å²) in [6.45, 7) is 2.11. The number of amides is 3. The van der Waals surface area contributed by atoms with Gasteiger partial charge in [0.2, 0.25) is 5.91 Å². The van der Waals surface area contributed by atoms with Crippen LogP contribution in [0.25, 0.3) is 0 Å². The number of benzene rings is 1. The Morgan fingerprint density at radius 2 is 2.05 bits per heavy atom. The number of primary amides is 1. The normalized spacial score (nSPS) is 15.1. The fraction of sp³-hybridized carbons (Fsp3) is 0.467. The topological polar surface area (TPSA) is 75.4 Å². The Labute approximate surface area is 119 Å². The van der Waals surface area contributed by atoms with Crippen molar-refractivity contribution < 1.29 is 9.59 Å². The molecular formula is C15H21N3O2. The van der Waals surface area contributed by atoms with Crippen molar-refractivity contribution in [2.75, 3.05) is 16.8 Å². The van der Waals surface area contributed by atoms with Crippen molar-refractivity contribution in [3.05, 3.63) is 24.3 Å². The zero-order chi connectivity index (χ0) is 14.5. The molecule has 108 valence electrons. The van der Waals surface area contributed by atoms with Gasteiger partial charge in [0.25, 0.3) is 0 Å². The Bertz CT molecular complexity index is 496. The minimum absolute atomic E-state index is 0.136. The first-order valence-electron chi connectivity index (χ1n) is 7.01. The molecule has 1 aromatic carbocycles. The fourth-order valence-corrected chi connectivity index (χ4v) is 2.73. The first-order valence-corrected chi connectivity index (χ1v) is 7.01. The summed E-state index contributed by atoms with van der Waals surface area (Å²) in [6.07, 6.45) is 4.75. The first-order chi connectivity index (χ1) is 9.56. The molecule has 2 rings (SSSR count). The number of anilines is 2. The second-order valence-electron chi connectivity index (χ2n) is 5.33. The molecule has 1 fully saturated rings. The Morgan fingerprint density at radius 1 is 1.35 bits per heavy atom. The van der Waals surface area contributed by atoms with Gasteiger partial charge in [-0.2, -0.15) is 0 Å². The quantitative estimate of drug-likeness (QED) is 0.886. The van der Waals surface area contributed by atoms with E-state index < -0.39 is 6.03 Å². The summed E-state index contributed by atoms with van der Waals surface area (Å²) in [5, 5.41) is 2.71. The molecule has 0 aliphatic heterocycles. The van der Waals surface area contributed by atoms with E-state index in [0.29, 0.717) is 18.2 Å². The zero-order valence-electron chi connectivity index (χ0n) is 11.8. The van der Waals surface area contributed by atoms with Crippen molar-refractivity contribution in [2.24, 2.45) is 11.7 Å². The third-order valence-electron chi connectivity index (χ3n) is 3.66. The van der Waals surface area contributed by atoms with Gasteiger partial charge < -0.3 is 11.1 Å². The summed E-state index contributed by atoms with van der Waals surface area (Å²) >= 11 is 0. The first kappa shape index (κ1) is 14.4. The lowest BCUT2D eigenvalue weighted by Crippen LogP contribution is -2.39. The van der Waals surface area contributed by atoms with Crippen molar-refractivity contribution in [1.82, 2.24) is 0 Å². The van der Waals surface area contributed by atoms with E-state index in [-0.39, 0.29) is 5.91 Å². The third kappa shape index (κ3) is 3.73. The van der Waals surface area contributed by atoms with Gasteiger partial charge in [-0.05, 0) is 37.0 Å². The number of hydrogen-bond acceptors (Lipinski definition) is 2. The van der Waals surface area contributed by atoms with Crippen LogP contribution in [0, 0.1) is 5.92 Å². The largest absolute Gasteiger partial charge is 0.351 e. The van der Waals surface area contributed by atoms with Crippen LogP contribution in [0.1, 0.15) is 32.6 Å². The Kier molecular flexibility index (Phi) is 4.61. The van der Waals surface area contributed by atoms with E-state index in [9.17, 15) is 9.59 Å². The predicted molar refractivity (Wildman–Crippen MR) is 79.6 cm³/mol. The van der Waals surface area contributed by atoms with Crippen LogP contribution in [0.2, 0.25) is 0 Å². The minimum atomic E-state index is -0.447. The Morgan fingerprint density at radius 3 is 2.65 bits per heavy atom. The summed E-state index contributed by atoms with van der Waals surface area (Å²) in [7, 11) is 0. The molecule has 1 aromatic rings. The highest BCUT2D eigenvalue weighted by Crippen LogP contribution is 2.28. The van der Waals surface area contributed by atoms with E-state index in [1.807, 2.05) is 12.1 Å². The molecule has 3 N–H and O–H groups in total. The van der Waals surface area contributed by atoms with Crippen molar-refractivity contribution >= 4 is 23.3 Å². The van der Waals surface area contributed by atoms with Crippen molar-refractivity contribution in [1.29, 1.82) is 0 Å². The van der Waals surface area contributed by atoms with Crippen LogP contribution < -0.4 is 16.0 Å². The van der Waals surface area contributed by atoms with Crippen LogP contribution in [0.5, 0.6) is 0 Å². The highest BCUT2D eigenvalue weighted by molar-refractivity contribution is 5.93. The van der Waals surface area contributed by atoms with Gasteiger partial charge in [-0.3, -0.25) is 9.69 Å². The van der Waals surface area contributed by atoms with E-state index in [4.69, 9.17) is 5.73 Å². The SMILES string of the molecule is CC(=O)Nc1cccc(N(CC2CCCC2)C(N)=O)c1. The Hall–Kier alpha value is -2.04. The molecule has 5 heteroatoms. The number of nitrogens with zero attached hydrogens (tertiary/aromatic N) is 1. The van der Waals surface area contributed by atoms with Crippen LogP contribution in [0.4, 0.5) is 16.2 Å². The molecule has 20 heavy (non-hydrogen) atoms. The lowest BCUT2D eigenvalue weighted by Gasteiger charge is -2.24. The van der Waals surface area contributed by atoms with Gasteiger partial charge >= 0.3 is 6.03 Å². The minimum Gasteiger partial charge on any atom is -0.351 e. The van der Waals surface area contributed by atoms with Gasteiger partial charge in [-0.25, -0.2) is 4.79 Å². The number of carbonyl (C=O) groups is 2. The van der Waals surface area contributed by atoms with E-state index in [2.05, 4.69) is 5.32 Å². The number of nitrogens with two attached hydrogens (primary N) is 1. The van der Waals surface area contributed by atoms with E-state index in [1.165, 1.54) is 19.8 Å². The molecule has 0 saturated heterocycles. The number of rotatable bonds is 4. The highest BCUT2D eigenvalue weighted by Gasteiger charge is 2.21. The smallest absolute Gasteiger partial charge is 0.319 e. The van der Waals surface area contributed by atoms with Crippen LogP contribution in [-0.4, -0.2) is 18.5 Å². The molecule has 0 heterocycles. The van der Waals surface area contributed by atoms with Gasteiger partial charge in [-0.15, -0.1) is 0 Å². The average molecular weight is 275 g/mol. The van der Waals surface area contributed by atoms with Crippen molar-refractivity contribution in [3.63, 3.8) is 0 Å². The third-order valence-corrected chi connectivity index (χ3v) is 3.66. The van der Waals surface area contributed by atoms with E-state index in [0.717, 1.165) is 18.5 Å². The molecule has 0 aromatic heterocycles. The number of urea groups is 1. The van der Waals surface area contributed by atoms with Crippen LogP contribution in [0.15, 0.2) is 24.3 Å². The highest BCUT2D eigenvalue weighted by atomic mass is 16.2. The second kappa shape index (κ2) is 6.41. The molecule has 5 nitrogen and oxygen atoms in total. The van der Waals surface area contributed by atoms with Crippen LogP contribution in [-0.2, 0) is 4.79 Å². The van der Waals surface area contributed by atoms with Crippen molar-refractivity contribution in [2.45, 2.75) is 32.6 Å². The summed E-state index contributed by atoms with van der Waals surface area (Å²) in [5.74, 6) is 0.385. The van der Waals surface area contributed by atoms with Gasteiger partial charge in [0.15, 0.2) is 0 Å². The maximum absolute atomic E-state index is 11.7. The monoisotopic (exact) mass is 275 g/mol. The van der Waals surface area contributed by atoms with Gasteiger partial charge in [-0.1, -0.05) is 18.9 Å². The van der Waals surface area contributed by atoms with Crippen LogP contribution in [0.3, 0.4) is 0 Å². The number of carbonyl (C=O) groups excluding carboxylic acids is 2. The van der Waals surface area contributed by atoms with E-state index in [1.54, 1.807) is 17.0 Å². The molecule has 3 amide bonds. The number of nitrogens with one attached hydrogen (secondary N) is 1. The molecule has 1 aliphatic carbocycles. The number of hydrogen-bond donors (Lipinski definition) is 2. The molecule has 1 saturated carbocycles. The molecule has 0 atom stereocenters. The summed E-state index contributed by atoms with van der Waals surface area (Å²) < 4.78 is 0. The maximum Gasteiger partial charge on any atom is 0.319 e. The van der Waals surface area contributed by atoms with Gasteiger partial charge in [0.1, 0.15) is 0 Å². The van der Waals surface area contributed by atoms with Crippen LogP contribution >= 0.6 is 0 Å². The molecule has 1 aliphatic rings. The zero-order valence-corrected chi connectivity index (χ0v) is 11.8. The maximum atomic E-state index is 11.7. The van der Waals surface area contributed by atoms with E-state index >= 15 is 0 Å². The van der Waals surface area contributed by atoms with Gasteiger partial charge in [0.05, 0.1) is 0 Å². The fourth-order valence-electron chi connectivity index (χ4n) is 2.73. The summed E-state index contributed by atoms with van der Waals surface area (Å²) in [4.78, 5) is 24.4. The van der Waals surface area contributed by atoms with Crippen molar-refractivity contribution in [3.8, 4) is 0 Å². The lowest BCUT2D eigenvalue weighted by atomic mass is 10.1. The standard InChI is InChI=1S/C15H21N3O2/c1-11(19)17-13-7-4-8-14(9-13)18(15(16)20)10-12-5-2-3-6-12/h4,7-9,12H,2-3,5-6,10H2,1H3,(H2,16,20)(H,17,19). The molecule has 0 spiro atoms. The summed E-state index contributed by atoms with van der Waals surface area (Å²) in [5.41, 5.74) is 6.90. The summed E-state index contributed by atoms with van der Waals surface area (Å²) in [6, 6.07) is 6.77. The predicted octanol–water partition coefficient (Wildman–Crippen LogP) is 2.72. The average Bonchev–Trinajstić information content (AvgIpc) is 2.88. The lowest BCUT2D eigenvalue weighted by molar-refractivity contribution is -0.114. The Balaban J connectivity index is 2.15. The van der Waals surface area contributed by atoms with Gasteiger partial charge in [0, 0.05) is 24.8 Å². The molecule has 0 radical (unpaired) electrons. The molecule has 0 unspecified atom stereocenters. The second-order valence-corrected chi connectivity index (χ2v) is 5.33. The molecule has 0 bridgehead atoms. The molecular weight excluding hydrogens is 254 g/mol.